The summed E-state index contributed by atoms with van der Waals surface area (Å²) in [5, 5.41) is 9.68. The Bertz CT molecular complexity index is 592. The van der Waals surface area contributed by atoms with E-state index in [1.54, 1.807) is 12.1 Å². The molecule has 0 aliphatic carbocycles. The van der Waals surface area contributed by atoms with Gasteiger partial charge in [0.2, 0.25) is 5.88 Å². The van der Waals surface area contributed by atoms with Crippen molar-refractivity contribution in [2.45, 2.75) is 6.18 Å². The lowest BCUT2D eigenvalue weighted by atomic mass is 10.4. The Morgan fingerprint density at radius 2 is 2.00 bits per heavy atom. The first kappa shape index (κ1) is 15.3. The highest BCUT2D eigenvalue weighted by atomic mass is 35.5. The molecule has 0 saturated heterocycles. The maximum Gasteiger partial charge on any atom is 0.435 e. The fourth-order valence-corrected chi connectivity index (χ4v) is 1.56. The molecular formula is C12H10ClF3N4O. The fraction of sp³-hybridized carbons (Fsp3) is 0.250. The maximum absolute atomic E-state index is 12.3. The number of rotatable bonds is 5. The Kier molecular flexibility index (Phi) is 4.79. The van der Waals surface area contributed by atoms with Crippen LogP contribution in [0, 0.1) is 0 Å². The van der Waals surface area contributed by atoms with Crippen LogP contribution in [0.3, 0.4) is 0 Å². The summed E-state index contributed by atoms with van der Waals surface area (Å²) < 4.78 is 42.2. The number of aromatic nitrogens is 3. The number of nitrogens with one attached hydrogen (secondary N) is 1. The van der Waals surface area contributed by atoms with Crippen LogP contribution in [0.25, 0.3) is 0 Å². The average molecular weight is 319 g/mol. The summed E-state index contributed by atoms with van der Waals surface area (Å²) in [6.45, 7) is 0.534. The minimum Gasteiger partial charge on any atom is -0.475 e. The average Bonchev–Trinajstić information content (AvgIpc) is 2.45. The predicted molar refractivity (Wildman–Crippen MR) is 70.3 cm³/mol. The van der Waals surface area contributed by atoms with Gasteiger partial charge in [-0.2, -0.15) is 13.2 Å². The Morgan fingerprint density at radius 3 is 2.62 bits per heavy atom. The lowest BCUT2D eigenvalue weighted by Gasteiger charge is -2.09. The first-order valence-corrected chi connectivity index (χ1v) is 6.23. The normalized spacial score (nSPS) is 11.2. The van der Waals surface area contributed by atoms with Crippen LogP contribution in [-0.2, 0) is 6.18 Å². The van der Waals surface area contributed by atoms with Crippen LogP contribution in [0.2, 0.25) is 5.02 Å². The molecule has 0 aliphatic rings. The van der Waals surface area contributed by atoms with Gasteiger partial charge in [-0.1, -0.05) is 11.6 Å². The van der Waals surface area contributed by atoms with Crippen LogP contribution in [0.15, 0.2) is 30.5 Å². The Labute approximate surface area is 123 Å². The maximum atomic E-state index is 12.3. The summed E-state index contributed by atoms with van der Waals surface area (Å²) in [7, 11) is 0. The van der Waals surface area contributed by atoms with Crippen LogP contribution in [0.4, 0.5) is 19.0 Å². The summed E-state index contributed by atoms with van der Waals surface area (Å²) in [5.41, 5.74) is -1.04. The van der Waals surface area contributed by atoms with Crippen molar-refractivity contribution in [1.29, 1.82) is 0 Å². The zero-order valence-electron chi connectivity index (χ0n) is 10.6. The highest BCUT2D eigenvalue weighted by molar-refractivity contribution is 6.31. The van der Waals surface area contributed by atoms with E-state index in [-0.39, 0.29) is 12.4 Å². The van der Waals surface area contributed by atoms with Gasteiger partial charge in [0.25, 0.3) is 0 Å². The molecule has 0 spiro atoms. The second-order valence-corrected chi connectivity index (χ2v) is 4.27. The summed E-state index contributed by atoms with van der Waals surface area (Å²) in [6.07, 6.45) is -2.96. The van der Waals surface area contributed by atoms with E-state index < -0.39 is 11.9 Å². The third kappa shape index (κ3) is 4.45. The van der Waals surface area contributed by atoms with Gasteiger partial charge in [0.05, 0.1) is 6.54 Å². The van der Waals surface area contributed by atoms with Crippen LogP contribution >= 0.6 is 11.6 Å². The zero-order valence-corrected chi connectivity index (χ0v) is 11.3. The smallest absolute Gasteiger partial charge is 0.435 e. The molecule has 2 aromatic rings. The number of nitrogens with zero attached hydrogens (tertiary/aromatic N) is 3. The van der Waals surface area contributed by atoms with Crippen molar-refractivity contribution in [2.24, 2.45) is 0 Å². The van der Waals surface area contributed by atoms with E-state index in [4.69, 9.17) is 16.3 Å². The molecule has 9 heteroatoms. The van der Waals surface area contributed by atoms with E-state index in [2.05, 4.69) is 20.5 Å². The Morgan fingerprint density at radius 1 is 1.19 bits per heavy atom. The molecule has 0 bridgehead atoms. The number of halogens is 4. The van der Waals surface area contributed by atoms with E-state index >= 15 is 0 Å². The number of alkyl halides is 3. The van der Waals surface area contributed by atoms with Crippen LogP contribution < -0.4 is 10.1 Å². The highest BCUT2D eigenvalue weighted by Gasteiger charge is 2.32. The minimum atomic E-state index is -4.50. The van der Waals surface area contributed by atoms with Crippen molar-refractivity contribution in [3.8, 4) is 5.88 Å². The van der Waals surface area contributed by atoms with Crippen molar-refractivity contribution in [3.05, 3.63) is 41.2 Å². The van der Waals surface area contributed by atoms with Gasteiger partial charge in [-0.15, -0.1) is 10.2 Å². The molecule has 21 heavy (non-hydrogen) atoms. The van der Waals surface area contributed by atoms with Crippen LogP contribution in [0.5, 0.6) is 5.88 Å². The van der Waals surface area contributed by atoms with E-state index in [9.17, 15) is 13.2 Å². The summed E-state index contributed by atoms with van der Waals surface area (Å²) >= 11 is 5.84. The second kappa shape index (κ2) is 6.57. The second-order valence-electron chi connectivity index (χ2n) is 3.87. The van der Waals surface area contributed by atoms with E-state index in [1.807, 2.05) is 0 Å². The van der Waals surface area contributed by atoms with E-state index in [0.29, 0.717) is 17.4 Å². The molecule has 2 heterocycles. The SMILES string of the molecule is FC(F)(F)c1ccc(NCCOc2ncccc2Cl)nn1. The summed E-state index contributed by atoms with van der Waals surface area (Å²) in [4.78, 5) is 3.93. The van der Waals surface area contributed by atoms with Crippen LogP contribution in [-0.4, -0.2) is 28.3 Å². The van der Waals surface area contributed by atoms with Crippen molar-refractivity contribution >= 4 is 17.4 Å². The largest absolute Gasteiger partial charge is 0.475 e. The minimum absolute atomic E-state index is 0.221. The van der Waals surface area contributed by atoms with Crippen molar-refractivity contribution in [2.75, 3.05) is 18.5 Å². The van der Waals surface area contributed by atoms with Gasteiger partial charge in [-0.25, -0.2) is 4.98 Å². The molecule has 2 rings (SSSR count). The highest BCUT2D eigenvalue weighted by Crippen LogP contribution is 2.27. The van der Waals surface area contributed by atoms with Gasteiger partial charge in [0.1, 0.15) is 17.4 Å². The molecule has 5 nitrogen and oxygen atoms in total. The molecule has 0 unspecified atom stereocenters. The lowest BCUT2D eigenvalue weighted by Crippen LogP contribution is -2.14. The van der Waals surface area contributed by atoms with Crippen LogP contribution in [0.1, 0.15) is 5.69 Å². The third-order valence-electron chi connectivity index (χ3n) is 2.33. The zero-order chi connectivity index (χ0) is 15.3. The van der Waals surface area contributed by atoms with Gasteiger partial charge in [0.15, 0.2) is 5.69 Å². The Hall–Kier alpha value is -2.09. The first-order valence-electron chi connectivity index (χ1n) is 5.85. The fourth-order valence-electron chi connectivity index (χ4n) is 1.38. The third-order valence-corrected chi connectivity index (χ3v) is 2.61. The van der Waals surface area contributed by atoms with Crippen molar-refractivity contribution in [3.63, 3.8) is 0 Å². The number of ether oxygens (including phenoxy) is 1. The van der Waals surface area contributed by atoms with Gasteiger partial charge in [-0.3, -0.25) is 0 Å². The molecule has 0 aromatic carbocycles. The standard InChI is InChI=1S/C12H10ClF3N4O/c13-8-2-1-5-18-11(8)21-7-6-17-10-4-3-9(19-20-10)12(14,15)16/h1-5H,6-7H2,(H,17,20). The first-order chi connectivity index (χ1) is 9.97. The topological polar surface area (TPSA) is 59.9 Å². The number of anilines is 1. The van der Waals surface area contributed by atoms with Gasteiger partial charge >= 0.3 is 6.18 Å². The molecule has 0 saturated carbocycles. The lowest BCUT2D eigenvalue weighted by molar-refractivity contribution is -0.141. The van der Waals surface area contributed by atoms with Gasteiger partial charge < -0.3 is 10.1 Å². The number of pyridine rings is 1. The van der Waals surface area contributed by atoms with Crippen molar-refractivity contribution < 1.29 is 17.9 Å². The number of hydrogen-bond donors (Lipinski definition) is 1. The van der Waals surface area contributed by atoms with Gasteiger partial charge in [0, 0.05) is 6.20 Å². The molecule has 0 fully saturated rings. The predicted octanol–water partition coefficient (Wildman–Crippen LogP) is 3.03. The van der Waals surface area contributed by atoms with Gasteiger partial charge in [-0.05, 0) is 24.3 Å². The summed E-state index contributed by atoms with van der Waals surface area (Å²) in [6, 6.07) is 5.36. The quantitative estimate of drug-likeness (QED) is 0.859. The molecule has 1 N–H and O–H groups in total. The molecule has 0 radical (unpaired) electrons. The molecular weight excluding hydrogens is 309 g/mol. The van der Waals surface area contributed by atoms with Crippen molar-refractivity contribution in [1.82, 2.24) is 15.2 Å². The molecule has 0 atom stereocenters. The Balaban J connectivity index is 1.80. The molecule has 0 aliphatic heterocycles. The monoisotopic (exact) mass is 318 g/mol. The van der Waals surface area contributed by atoms with E-state index in [0.717, 1.165) is 6.07 Å². The number of hydrogen-bond acceptors (Lipinski definition) is 5. The van der Waals surface area contributed by atoms with E-state index in [1.165, 1.54) is 12.3 Å². The summed E-state index contributed by atoms with van der Waals surface area (Å²) in [5.74, 6) is 0.512. The molecule has 0 amide bonds. The molecule has 112 valence electrons. The molecule has 2 aromatic heterocycles.